The fourth-order valence-corrected chi connectivity index (χ4v) is 2.89. The number of aromatic nitrogens is 1. The molecule has 0 amide bonds. The Morgan fingerprint density at radius 3 is 2.80 bits per heavy atom. The summed E-state index contributed by atoms with van der Waals surface area (Å²) in [6, 6.07) is 15.2. The predicted molar refractivity (Wildman–Crippen MR) is 99.4 cm³/mol. The highest BCUT2D eigenvalue weighted by Gasteiger charge is 2.03. The number of hydrogen-bond donors (Lipinski definition) is 1. The summed E-state index contributed by atoms with van der Waals surface area (Å²) in [6.45, 7) is 2.01. The molecule has 1 N–H and O–H groups in total. The van der Waals surface area contributed by atoms with Crippen molar-refractivity contribution in [1.82, 2.24) is 4.98 Å². The van der Waals surface area contributed by atoms with Gasteiger partial charge in [-0.15, -0.1) is 0 Å². The van der Waals surface area contributed by atoms with Crippen LogP contribution in [0.4, 0.5) is 5.13 Å². The first kappa shape index (κ1) is 16.9. The maximum absolute atomic E-state index is 11.2. The van der Waals surface area contributed by atoms with E-state index >= 15 is 0 Å². The average molecular weight is 355 g/mol. The summed E-state index contributed by atoms with van der Waals surface area (Å²) in [4.78, 5) is 15.7. The number of carbonyl (C=O) groups is 1. The van der Waals surface area contributed by atoms with E-state index in [1.165, 1.54) is 0 Å². The number of para-hydroxylation sites is 1. The smallest absolute Gasteiger partial charge is 0.344 e. The lowest BCUT2D eigenvalue weighted by molar-refractivity contribution is -0.145. The molecule has 0 aliphatic heterocycles. The van der Waals surface area contributed by atoms with Crippen LogP contribution in [0.25, 0.3) is 10.2 Å². The normalized spacial score (nSPS) is 10.9. The largest absolute Gasteiger partial charge is 0.482 e. The minimum Gasteiger partial charge on any atom is -0.482 e. The van der Waals surface area contributed by atoms with E-state index in [0.29, 0.717) is 12.4 Å². The van der Waals surface area contributed by atoms with Crippen LogP contribution in [-0.2, 0) is 9.53 Å². The van der Waals surface area contributed by atoms with Crippen molar-refractivity contribution in [1.29, 1.82) is 0 Å². The Balaban J connectivity index is 1.53. The molecule has 6 nitrogen and oxygen atoms in total. The molecular weight excluding hydrogens is 338 g/mol. The van der Waals surface area contributed by atoms with E-state index in [1.807, 2.05) is 36.4 Å². The second-order valence-electron chi connectivity index (χ2n) is 5.02. The Morgan fingerprint density at radius 1 is 1.24 bits per heavy atom. The quantitative estimate of drug-likeness (QED) is 0.398. The molecule has 0 unspecified atom stereocenters. The molecule has 0 saturated heterocycles. The molecule has 0 spiro atoms. The molecule has 0 aliphatic carbocycles. The van der Waals surface area contributed by atoms with Crippen molar-refractivity contribution in [3.05, 3.63) is 54.1 Å². The zero-order valence-electron chi connectivity index (χ0n) is 13.6. The van der Waals surface area contributed by atoms with Crippen molar-refractivity contribution in [2.45, 2.75) is 6.92 Å². The van der Waals surface area contributed by atoms with Crippen molar-refractivity contribution in [3.63, 3.8) is 0 Å². The molecule has 0 radical (unpaired) electrons. The fraction of sp³-hybridized carbons (Fsp3) is 0.167. The van der Waals surface area contributed by atoms with Crippen LogP contribution in [0, 0.1) is 0 Å². The number of anilines is 1. The molecule has 2 aromatic carbocycles. The molecule has 0 bridgehead atoms. The van der Waals surface area contributed by atoms with Gasteiger partial charge in [-0.3, -0.25) is 5.43 Å². The molecule has 3 rings (SSSR count). The fourth-order valence-electron chi connectivity index (χ4n) is 2.08. The van der Waals surface area contributed by atoms with E-state index in [-0.39, 0.29) is 12.6 Å². The Labute approximate surface area is 149 Å². The number of rotatable bonds is 7. The monoisotopic (exact) mass is 355 g/mol. The lowest BCUT2D eigenvalue weighted by Crippen LogP contribution is -2.14. The zero-order chi connectivity index (χ0) is 17.5. The molecule has 3 aromatic rings. The van der Waals surface area contributed by atoms with Crippen LogP contribution in [-0.4, -0.2) is 30.4 Å². The lowest BCUT2D eigenvalue weighted by Gasteiger charge is -2.05. The maximum atomic E-state index is 11.2. The maximum Gasteiger partial charge on any atom is 0.344 e. The van der Waals surface area contributed by atoms with E-state index in [4.69, 9.17) is 9.47 Å². The molecule has 25 heavy (non-hydrogen) atoms. The van der Waals surface area contributed by atoms with Crippen LogP contribution in [0.2, 0.25) is 0 Å². The first-order valence-electron chi connectivity index (χ1n) is 7.78. The van der Waals surface area contributed by atoms with Gasteiger partial charge in [0, 0.05) is 0 Å². The summed E-state index contributed by atoms with van der Waals surface area (Å²) in [5.74, 6) is 0.220. The molecule has 1 heterocycles. The van der Waals surface area contributed by atoms with Gasteiger partial charge in [-0.2, -0.15) is 5.10 Å². The van der Waals surface area contributed by atoms with Gasteiger partial charge in [0.15, 0.2) is 6.61 Å². The summed E-state index contributed by atoms with van der Waals surface area (Å²) < 4.78 is 11.3. The van der Waals surface area contributed by atoms with Gasteiger partial charge in [-0.1, -0.05) is 23.5 Å². The number of hydrogen-bond acceptors (Lipinski definition) is 7. The lowest BCUT2D eigenvalue weighted by atomic mass is 10.2. The second-order valence-corrected chi connectivity index (χ2v) is 6.05. The van der Waals surface area contributed by atoms with Crippen LogP contribution in [0.5, 0.6) is 5.75 Å². The van der Waals surface area contributed by atoms with Gasteiger partial charge in [0.1, 0.15) is 5.75 Å². The number of ether oxygens (including phenoxy) is 2. The van der Waals surface area contributed by atoms with Crippen LogP contribution in [0.3, 0.4) is 0 Å². The third-order valence-electron chi connectivity index (χ3n) is 3.21. The summed E-state index contributed by atoms with van der Waals surface area (Å²) >= 11 is 1.55. The van der Waals surface area contributed by atoms with Crippen molar-refractivity contribution < 1.29 is 14.3 Å². The van der Waals surface area contributed by atoms with E-state index in [9.17, 15) is 4.79 Å². The summed E-state index contributed by atoms with van der Waals surface area (Å²) in [6.07, 6.45) is 1.70. The van der Waals surface area contributed by atoms with E-state index in [2.05, 4.69) is 15.5 Å². The average Bonchev–Trinajstić information content (AvgIpc) is 3.04. The Bertz CT molecular complexity index is 842. The molecule has 0 saturated carbocycles. The van der Waals surface area contributed by atoms with Crippen LogP contribution in [0.1, 0.15) is 12.5 Å². The van der Waals surface area contributed by atoms with E-state index in [1.54, 1.807) is 36.6 Å². The van der Waals surface area contributed by atoms with Crippen molar-refractivity contribution in [2.24, 2.45) is 5.10 Å². The number of hydrazone groups is 1. The van der Waals surface area contributed by atoms with E-state index in [0.717, 1.165) is 20.9 Å². The zero-order valence-corrected chi connectivity index (χ0v) is 14.5. The van der Waals surface area contributed by atoms with Crippen LogP contribution >= 0.6 is 11.3 Å². The Kier molecular flexibility index (Phi) is 5.58. The molecule has 0 fully saturated rings. The van der Waals surface area contributed by atoms with Crippen molar-refractivity contribution >= 4 is 38.9 Å². The molecule has 1 aromatic heterocycles. The predicted octanol–water partition coefficient (Wildman–Crippen LogP) is 3.68. The van der Waals surface area contributed by atoms with E-state index < -0.39 is 0 Å². The number of nitrogens with one attached hydrogen (secondary N) is 1. The van der Waals surface area contributed by atoms with Gasteiger partial charge in [-0.25, -0.2) is 9.78 Å². The highest BCUT2D eigenvalue weighted by molar-refractivity contribution is 7.22. The summed E-state index contributed by atoms with van der Waals surface area (Å²) in [5, 5.41) is 4.94. The number of esters is 1. The van der Waals surface area contributed by atoms with Gasteiger partial charge in [0.05, 0.1) is 23.0 Å². The number of benzene rings is 2. The molecular formula is C18H17N3O3S. The number of carbonyl (C=O) groups excluding carboxylic acids is 1. The number of nitrogens with zero attached hydrogens (tertiary/aromatic N) is 2. The minimum atomic E-state index is -0.381. The highest BCUT2D eigenvalue weighted by Crippen LogP contribution is 2.25. The first-order valence-corrected chi connectivity index (χ1v) is 8.59. The third-order valence-corrected chi connectivity index (χ3v) is 4.15. The van der Waals surface area contributed by atoms with Gasteiger partial charge < -0.3 is 9.47 Å². The van der Waals surface area contributed by atoms with Gasteiger partial charge in [0.25, 0.3) is 0 Å². The summed E-state index contributed by atoms with van der Waals surface area (Å²) in [7, 11) is 0. The second kappa shape index (κ2) is 8.25. The molecule has 128 valence electrons. The molecule has 0 aliphatic rings. The summed E-state index contributed by atoms with van der Waals surface area (Å²) in [5.41, 5.74) is 4.79. The van der Waals surface area contributed by atoms with Gasteiger partial charge in [0.2, 0.25) is 5.13 Å². The SMILES string of the molecule is CCOC(=O)COc1ccc(/C=N\Nc2nc3ccccc3s2)cc1. The Morgan fingerprint density at radius 2 is 2.04 bits per heavy atom. The van der Waals surface area contributed by atoms with Crippen LogP contribution < -0.4 is 10.2 Å². The highest BCUT2D eigenvalue weighted by atomic mass is 32.1. The van der Waals surface area contributed by atoms with Crippen molar-refractivity contribution in [2.75, 3.05) is 18.6 Å². The topological polar surface area (TPSA) is 72.8 Å². The standard InChI is InChI=1S/C18H17N3O3S/c1-2-23-17(22)12-24-14-9-7-13(8-10-14)11-19-21-18-20-15-5-3-4-6-16(15)25-18/h3-11H,2,12H2,1H3,(H,20,21)/b19-11-. The number of thiazole rings is 1. The minimum absolute atomic E-state index is 0.0968. The van der Waals surface area contributed by atoms with Gasteiger partial charge in [-0.05, 0) is 48.9 Å². The number of fused-ring (bicyclic) bond motifs is 1. The van der Waals surface area contributed by atoms with Gasteiger partial charge >= 0.3 is 5.97 Å². The van der Waals surface area contributed by atoms with Crippen molar-refractivity contribution in [3.8, 4) is 5.75 Å². The molecule has 7 heteroatoms. The van der Waals surface area contributed by atoms with Crippen LogP contribution in [0.15, 0.2) is 53.6 Å². The Hall–Kier alpha value is -2.93. The molecule has 0 atom stereocenters. The third kappa shape index (κ3) is 4.77. The first-order chi connectivity index (χ1) is 12.2.